The van der Waals surface area contributed by atoms with E-state index in [2.05, 4.69) is 26.1 Å². The Morgan fingerprint density at radius 1 is 1.25 bits per heavy atom. The fourth-order valence-corrected chi connectivity index (χ4v) is 4.67. The number of hydrogen-bond acceptors (Lipinski definition) is 2. The summed E-state index contributed by atoms with van der Waals surface area (Å²) in [6.45, 7) is 6.90. The second-order valence-electron chi connectivity index (χ2n) is 7.44. The van der Waals surface area contributed by atoms with Crippen molar-refractivity contribution < 1.29 is 4.79 Å². The van der Waals surface area contributed by atoms with Gasteiger partial charge >= 0.3 is 0 Å². The topological polar surface area (TPSA) is 29.1 Å². The predicted molar refractivity (Wildman–Crippen MR) is 104 cm³/mol. The number of nitrogens with one attached hydrogen (secondary N) is 1. The summed E-state index contributed by atoms with van der Waals surface area (Å²) in [4.78, 5) is 14.0. The van der Waals surface area contributed by atoms with Crippen molar-refractivity contribution in [2.45, 2.75) is 40.0 Å². The molecule has 0 fully saturated rings. The minimum atomic E-state index is -0.0694. The van der Waals surface area contributed by atoms with Crippen molar-refractivity contribution in [1.29, 1.82) is 0 Å². The Morgan fingerprint density at radius 3 is 2.67 bits per heavy atom. The lowest BCUT2D eigenvalue weighted by atomic mass is 9.72. The summed E-state index contributed by atoms with van der Waals surface area (Å²) in [5.41, 5.74) is 2.99. The molecule has 1 N–H and O–H groups in total. The largest absolute Gasteiger partial charge is 0.322 e. The van der Waals surface area contributed by atoms with Gasteiger partial charge in [0.25, 0.3) is 5.91 Å². The Balaban J connectivity index is 1.78. The molecule has 0 saturated heterocycles. The van der Waals surface area contributed by atoms with Crippen molar-refractivity contribution in [2.75, 3.05) is 5.32 Å². The van der Waals surface area contributed by atoms with Crippen LogP contribution in [0.25, 0.3) is 0 Å². The number of rotatable bonds is 2. The third-order valence-corrected chi connectivity index (χ3v) is 6.59. The first kappa shape index (κ1) is 17.8. The minimum absolute atomic E-state index is 0.0694. The molecule has 1 aromatic carbocycles. The van der Waals surface area contributed by atoms with Crippen LogP contribution in [0.15, 0.2) is 23.6 Å². The van der Waals surface area contributed by atoms with Crippen molar-refractivity contribution in [2.24, 2.45) is 11.3 Å². The van der Waals surface area contributed by atoms with Gasteiger partial charge in [-0.15, -0.1) is 11.3 Å². The van der Waals surface area contributed by atoms with Crippen LogP contribution in [-0.4, -0.2) is 5.91 Å². The summed E-state index contributed by atoms with van der Waals surface area (Å²) in [7, 11) is 0. The average molecular weight is 382 g/mol. The predicted octanol–water partition coefficient (Wildman–Crippen LogP) is 6.46. The lowest BCUT2D eigenvalue weighted by Gasteiger charge is -2.34. The van der Waals surface area contributed by atoms with E-state index in [1.165, 1.54) is 10.4 Å². The summed E-state index contributed by atoms with van der Waals surface area (Å²) in [6, 6.07) is 5.13. The van der Waals surface area contributed by atoms with Crippen LogP contribution < -0.4 is 5.32 Å². The van der Waals surface area contributed by atoms with Gasteiger partial charge in [-0.2, -0.15) is 0 Å². The number of hydrogen-bond donors (Lipinski definition) is 1. The van der Waals surface area contributed by atoms with E-state index in [-0.39, 0.29) is 5.91 Å². The van der Waals surface area contributed by atoms with E-state index in [4.69, 9.17) is 23.2 Å². The van der Waals surface area contributed by atoms with Crippen LogP contribution in [-0.2, 0) is 12.8 Å². The van der Waals surface area contributed by atoms with Crippen LogP contribution in [0.2, 0.25) is 10.0 Å². The van der Waals surface area contributed by atoms with Gasteiger partial charge in [0.05, 0.1) is 15.6 Å². The Labute approximate surface area is 157 Å². The maximum atomic E-state index is 12.6. The maximum absolute atomic E-state index is 12.6. The summed E-state index contributed by atoms with van der Waals surface area (Å²) >= 11 is 13.6. The Kier molecular flexibility index (Phi) is 4.96. The van der Waals surface area contributed by atoms with E-state index >= 15 is 0 Å². The maximum Gasteiger partial charge on any atom is 0.256 e. The number of halogens is 2. The first-order valence-electron chi connectivity index (χ1n) is 8.11. The molecule has 128 valence electrons. The fraction of sp³-hybridized carbons (Fsp3) is 0.421. The van der Waals surface area contributed by atoms with Crippen LogP contribution in [0.1, 0.15) is 48.0 Å². The molecule has 1 aliphatic carbocycles. The summed E-state index contributed by atoms with van der Waals surface area (Å²) in [5.74, 6) is 0.606. The third kappa shape index (κ3) is 3.63. The van der Waals surface area contributed by atoms with Crippen LogP contribution in [0.5, 0.6) is 0 Å². The molecule has 1 aromatic heterocycles. The molecule has 2 nitrogen and oxygen atoms in total. The second kappa shape index (κ2) is 6.70. The number of carbonyl (C=O) groups excluding carboxylic acids is 1. The highest BCUT2D eigenvalue weighted by Crippen LogP contribution is 2.40. The molecule has 1 heterocycles. The van der Waals surface area contributed by atoms with E-state index in [0.29, 0.717) is 27.1 Å². The van der Waals surface area contributed by atoms with Crippen LogP contribution in [0, 0.1) is 11.3 Å². The van der Waals surface area contributed by atoms with Gasteiger partial charge in [-0.05, 0) is 54.4 Å². The molecule has 3 rings (SSSR count). The molecule has 5 heteroatoms. The summed E-state index contributed by atoms with van der Waals surface area (Å²) < 4.78 is 0. The number of fused-ring (bicyclic) bond motifs is 1. The second-order valence-corrected chi connectivity index (χ2v) is 9.22. The van der Waals surface area contributed by atoms with Gasteiger partial charge in [0.2, 0.25) is 0 Å². The fourth-order valence-electron chi connectivity index (χ4n) is 3.21. The zero-order valence-corrected chi connectivity index (χ0v) is 16.4. The smallest absolute Gasteiger partial charge is 0.256 e. The number of benzene rings is 1. The van der Waals surface area contributed by atoms with E-state index in [1.54, 1.807) is 29.5 Å². The number of anilines is 1. The van der Waals surface area contributed by atoms with Gasteiger partial charge < -0.3 is 5.32 Å². The van der Waals surface area contributed by atoms with Crippen molar-refractivity contribution >= 4 is 46.1 Å². The van der Waals surface area contributed by atoms with Crippen LogP contribution in [0.3, 0.4) is 0 Å². The standard InChI is InChI=1S/C19H21Cl2NOS/c1-19(2,3)11-4-6-13-14(10-24-17(13)8-11)18(23)22-12-5-7-15(20)16(21)9-12/h5,7,9-11H,4,6,8H2,1-3H3,(H,22,23). The highest BCUT2D eigenvalue weighted by Gasteiger charge is 2.31. The summed E-state index contributed by atoms with van der Waals surface area (Å²) in [5, 5.41) is 5.84. The molecule has 1 aliphatic rings. The molecule has 1 atom stereocenters. The first-order valence-corrected chi connectivity index (χ1v) is 9.75. The lowest BCUT2D eigenvalue weighted by molar-refractivity contribution is 0.102. The molecule has 1 amide bonds. The highest BCUT2D eigenvalue weighted by atomic mass is 35.5. The number of thiophene rings is 1. The van der Waals surface area contributed by atoms with Crippen LogP contribution >= 0.6 is 34.5 Å². The molecule has 0 radical (unpaired) electrons. The Hall–Kier alpha value is -1.03. The zero-order valence-electron chi connectivity index (χ0n) is 14.1. The molecule has 2 aromatic rings. The van der Waals surface area contributed by atoms with Crippen molar-refractivity contribution in [1.82, 2.24) is 0 Å². The van der Waals surface area contributed by atoms with E-state index in [0.717, 1.165) is 24.8 Å². The normalized spacial score (nSPS) is 17.5. The van der Waals surface area contributed by atoms with Gasteiger partial charge in [0.1, 0.15) is 0 Å². The van der Waals surface area contributed by atoms with Gasteiger partial charge in [-0.25, -0.2) is 0 Å². The quantitative estimate of drug-likeness (QED) is 0.635. The minimum Gasteiger partial charge on any atom is -0.322 e. The highest BCUT2D eigenvalue weighted by molar-refractivity contribution is 7.10. The van der Waals surface area contributed by atoms with Gasteiger partial charge in [0, 0.05) is 15.9 Å². The summed E-state index contributed by atoms with van der Waals surface area (Å²) in [6.07, 6.45) is 3.19. The third-order valence-electron chi connectivity index (χ3n) is 4.80. The Bertz CT molecular complexity index is 776. The molecule has 0 saturated carbocycles. The van der Waals surface area contributed by atoms with E-state index < -0.39 is 0 Å². The van der Waals surface area contributed by atoms with Gasteiger partial charge in [0.15, 0.2) is 0 Å². The molecule has 0 bridgehead atoms. The lowest BCUT2D eigenvalue weighted by Crippen LogP contribution is -2.27. The molecule has 1 unspecified atom stereocenters. The van der Waals surface area contributed by atoms with Gasteiger partial charge in [-0.3, -0.25) is 4.79 Å². The molecule has 0 aliphatic heterocycles. The van der Waals surface area contributed by atoms with E-state index in [1.807, 2.05) is 5.38 Å². The van der Waals surface area contributed by atoms with Crippen molar-refractivity contribution in [3.63, 3.8) is 0 Å². The van der Waals surface area contributed by atoms with Gasteiger partial charge in [-0.1, -0.05) is 44.0 Å². The average Bonchev–Trinajstić information content (AvgIpc) is 2.93. The first-order chi connectivity index (χ1) is 11.3. The van der Waals surface area contributed by atoms with E-state index in [9.17, 15) is 4.79 Å². The van der Waals surface area contributed by atoms with Crippen molar-refractivity contribution in [3.05, 3.63) is 49.6 Å². The zero-order chi connectivity index (χ0) is 17.5. The van der Waals surface area contributed by atoms with Crippen molar-refractivity contribution in [3.8, 4) is 0 Å². The number of amides is 1. The molecular weight excluding hydrogens is 361 g/mol. The van der Waals surface area contributed by atoms with Crippen LogP contribution in [0.4, 0.5) is 5.69 Å². The monoisotopic (exact) mass is 381 g/mol. The molecule has 24 heavy (non-hydrogen) atoms. The number of carbonyl (C=O) groups is 1. The molecule has 0 spiro atoms. The molecular formula is C19H21Cl2NOS. The Morgan fingerprint density at radius 2 is 2.00 bits per heavy atom. The SMILES string of the molecule is CC(C)(C)C1CCc2c(C(=O)Nc3ccc(Cl)c(Cl)c3)csc2C1.